The van der Waals surface area contributed by atoms with Crippen molar-refractivity contribution in [3.05, 3.63) is 23.8 Å². The van der Waals surface area contributed by atoms with Crippen LogP contribution in [0.1, 0.15) is 65.4 Å². The minimum absolute atomic E-state index is 0.0174. The minimum Gasteiger partial charge on any atom is -0.490 e. The molecule has 1 saturated carbocycles. The van der Waals surface area contributed by atoms with E-state index in [2.05, 4.69) is 26.1 Å². The van der Waals surface area contributed by atoms with Gasteiger partial charge < -0.3 is 14.8 Å². The molecule has 0 bridgehead atoms. The highest BCUT2D eigenvalue weighted by molar-refractivity contribution is 5.97. The van der Waals surface area contributed by atoms with E-state index in [0.29, 0.717) is 12.5 Å². The highest BCUT2D eigenvalue weighted by atomic mass is 16.5. The zero-order valence-corrected chi connectivity index (χ0v) is 16.4. The van der Waals surface area contributed by atoms with Crippen LogP contribution >= 0.6 is 0 Å². The molecule has 25 heavy (non-hydrogen) atoms. The molecule has 1 aliphatic rings. The fourth-order valence-electron chi connectivity index (χ4n) is 3.35. The molecule has 0 spiro atoms. The summed E-state index contributed by atoms with van der Waals surface area (Å²) in [6.07, 6.45) is 4.81. The molecule has 0 aromatic heterocycles. The smallest absolute Gasteiger partial charge is 0.256 e. The van der Waals surface area contributed by atoms with Gasteiger partial charge in [-0.3, -0.25) is 4.79 Å². The quantitative estimate of drug-likeness (QED) is 0.747. The van der Waals surface area contributed by atoms with Crippen molar-refractivity contribution in [2.45, 2.75) is 78.4 Å². The fraction of sp³-hybridized carbons (Fsp3) is 0.667. The maximum atomic E-state index is 12.9. The second kappa shape index (κ2) is 8.70. The van der Waals surface area contributed by atoms with E-state index >= 15 is 0 Å². The molecule has 1 N–H and O–H groups in total. The van der Waals surface area contributed by atoms with Crippen molar-refractivity contribution in [3.63, 3.8) is 0 Å². The van der Waals surface area contributed by atoms with Gasteiger partial charge in [-0.05, 0) is 82.6 Å². The number of benzene rings is 1. The third kappa shape index (κ3) is 4.97. The Morgan fingerprint density at radius 2 is 2.00 bits per heavy atom. The molecule has 1 atom stereocenters. The van der Waals surface area contributed by atoms with Crippen LogP contribution < -0.4 is 10.1 Å². The topological polar surface area (TPSA) is 47.6 Å². The van der Waals surface area contributed by atoms with Gasteiger partial charge in [-0.2, -0.15) is 0 Å². The summed E-state index contributed by atoms with van der Waals surface area (Å²) < 4.78 is 11.8. The van der Waals surface area contributed by atoms with Crippen molar-refractivity contribution in [1.29, 1.82) is 0 Å². The van der Waals surface area contributed by atoms with Crippen molar-refractivity contribution in [2.24, 2.45) is 5.92 Å². The van der Waals surface area contributed by atoms with Crippen LogP contribution in [0.3, 0.4) is 0 Å². The molecule has 0 radical (unpaired) electrons. The van der Waals surface area contributed by atoms with Gasteiger partial charge in [0.05, 0.1) is 6.10 Å². The van der Waals surface area contributed by atoms with E-state index in [1.54, 1.807) is 0 Å². The number of hydrogen-bond donors (Lipinski definition) is 1. The number of aryl methyl sites for hydroxylation is 1. The van der Waals surface area contributed by atoms with E-state index in [0.717, 1.165) is 49.1 Å². The standard InChI is InChI=1S/C21H33NO3/c1-6-17(5)25-19-9-8-18(14-16(19)4)22-20(23)21(24-7-2)12-10-15(3)11-13-21/h8-9,14-15,17H,6-7,10-13H2,1-5H3,(H,22,23)/t15?,17-,21?/m1/s1. The summed E-state index contributed by atoms with van der Waals surface area (Å²) in [5.74, 6) is 1.52. The summed E-state index contributed by atoms with van der Waals surface area (Å²) in [5, 5.41) is 3.07. The highest BCUT2D eigenvalue weighted by Gasteiger charge is 2.41. The zero-order chi connectivity index (χ0) is 18.4. The van der Waals surface area contributed by atoms with Gasteiger partial charge in [0, 0.05) is 12.3 Å². The molecule has 1 amide bonds. The SMILES string of the molecule is CCOC1(C(=O)Nc2ccc(O[C@H](C)CC)c(C)c2)CCC(C)CC1. The maximum Gasteiger partial charge on any atom is 0.256 e. The van der Waals surface area contributed by atoms with E-state index in [9.17, 15) is 4.79 Å². The Labute approximate surface area is 152 Å². The van der Waals surface area contributed by atoms with Crippen LogP contribution in [0.15, 0.2) is 18.2 Å². The molecule has 2 rings (SSSR count). The predicted molar refractivity (Wildman–Crippen MR) is 102 cm³/mol. The number of ether oxygens (including phenoxy) is 2. The van der Waals surface area contributed by atoms with Crippen LogP contribution in [0.25, 0.3) is 0 Å². The lowest BCUT2D eigenvalue weighted by molar-refractivity contribution is -0.146. The Hall–Kier alpha value is -1.55. The van der Waals surface area contributed by atoms with Crippen LogP contribution in [-0.2, 0) is 9.53 Å². The number of anilines is 1. The fourth-order valence-corrected chi connectivity index (χ4v) is 3.35. The normalized spacial score (nSPS) is 24.6. The van der Waals surface area contributed by atoms with Gasteiger partial charge >= 0.3 is 0 Å². The molecule has 0 saturated heterocycles. The molecule has 140 valence electrons. The first-order valence-corrected chi connectivity index (χ1v) is 9.63. The molecule has 0 aliphatic heterocycles. The molecular weight excluding hydrogens is 314 g/mol. The number of carbonyl (C=O) groups is 1. The molecule has 1 aromatic carbocycles. The number of carbonyl (C=O) groups excluding carboxylic acids is 1. The average Bonchev–Trinajstić information content (AvgIpc) is 2.59. The van der Waals surface area contributed by atoms with E-state index in [4.69, 9.17) is 9.47 Å². The lowest BCUT2D eigenvalue weighted by Crippen LogP contribution is -2.48. The van der Waals surface area contributed by atoms with Crippen LogP contribution in [0.5, 0.6) is 5.75 Å². The molecule has 0 unspecified atom stereocenters. The van der Waals surface area contributed by atoms with E-state index < -0.39 is 5.60 Å². The van der Waals surface area contributed by atoms with Crippen molar-refractivity contribution >= 4 is 11.6 Å². The van der Waals surface area contributed by atoms with Crippen molar-refractivity contribution in [3.8, 4) is 5.75 Å². The number of nitrogens with one attached hydrogen (secondary N) is 1. The van der Waals surface area contributed by atoms with E-state index in [1.165, 1.54) is 0 Å². The number of hydrogen-bond acceptors (Lipinski definition) is 3. The van der Waals surface area contributed by atoms with Gasteiger partial charge in [0.1, 0.15) is 11.4 Å². The first-order chi connectivity index (χ1) is 11.9. The summed E-state index contributed by atoms with van der Waals surface area (Å²) in [6.45, 7) is 10.9. The lowest BCUT2D eigenvalue weighted by Gasteiger charge is -2.37. The van der Waals surface area contributed by atoms with E-state index in [-0.39, 0.29) is 12.0 Å². The summed E-state index contributed by atoms with van der Waals surface area (Å²) in [5.41, 5.74) is 1.15. The molecule has 4 nitrogen and oxygen atoms in total. The van der Waals surface area contributed by atoms with Gasteiger partial charge in [0.25, 0.3) is 5.91 Å². The second-order valence-electron chi connectivity index (χ2n) is 7.38. The third-order valence-corrected chi connectivity index (χ3v) is 5.25. The largest absolute Gasteiger partial charge is 0.490 e. The number of rotatable bonds is 7. The molecule has 1 aliphatic carbocycles. The van der Waals surface area contributed by atoms with Crippen LogP contribution in [0.4, 0.5) is 5.69 Å². The van der Waals surface area contributed by atoms with Crippen LogP contribution in [-0.4, -0.2) is 24.2 Å². The maximum absolute atomic E-state index is 12.9. The average molecular weight is 347 g/mol. The van der Waals surface area contributed by atoms with Gasteiger partial charge in [0.2, 0.25) is 0 Å². The molecule has 1 aromatic rings. The Morgan fingerprint density at radius 1 is 1.32 bits per heavy atom. The van der Waals surface area contributed by atoms with Crippen molar-refractivity contribution < 1.29 is 14.3 Å². The summed E-state index contributed by atoms with van der Waals surface area (Å²) >= 11 is 0. The monoisotopic (exact) mass is 347 g/mol. The van der Waals surface area contributed by atoms with Crippen LogP contribution in [0.2, 0.25) is 0 Å². The Morgan fingerprint density at radius 3 is 2.56 bits per heavy atom. The van der Waals surface area contributed by atoms with Crippen molar-refractivity contribution in [1.82, 2.24) is 0 Å². The summed E-state index contributed by atoms with van der Waals surface area (Å²) in [6, 6.07) is 5.82. The first kappa shape index (κ1) is 19.8. The molecular formula is C21H33NO3. The Bertz CT molecular complexity index is 577. The zero-order valence-electron chi connectivity index (χ0n) is 16.4. The van der Waals surface area contributed by atoms with Gasteiger partial charge in [-0.1, -0.05) is 13.8 Å². The molecule has 4 heteroatoms. The van der Waals surface area contributed by atoms with E-state index in [1.807, 2.05) is 32.0 Å². The molecule has 0 heterocycles. The van der Waals surface area contributed by atoms with Gasteiger partial charge in [0.15, 0.2) is 0 Å². The van der Waals surface area contributed by atoms with Crippen LogP contribution in [0, 0.1) is 12.8 Å². The predicted octanol–water partition coefficient (Wildman–Crippen LogP) is 5.10. The molecule has 1 fully saturated rings. The minimum atomic E-state index is -0.680. The lowest BCUT2D eigenvalue weighted by atomic mass is 9.78. The number of amides is 1. The summed E-state index contributed by atoms with van der Waals surface area (Å²) in [4.78, 5) is 12.9. The second-order valence-corrected chi connectivity index (χ2v) is 7.38. The van der Waals surface area contributed by atoms with Crippen molar-refractivity contribution in [2.75, 3.05) is 11.9 Å². The first-order valence-electron chi connectivity index (χ1n) is 9.63. The summed E-state index contributed by atoms with van der Waals surface area (Å²) in [7, 11) is 0. The third-order valence-electron chi connectivity index (χ3n) is 5.25. The Kier molecular flexibility index (Phi) is 6.88. The van der Waals surface area contributed by atoms with Gasteiger partial charge in [-0.25, -0.2) is 0 Å². The Balaban J connectivity index is 2.09. The van der Waals surface area contributed by atoms with Gasteiger partial charge in [-0.15, -0.1) is 0 Å². The highest BCUT2D eigenvalue weighted by Crippen LogP contribution is 2.36.